The van der Waals surface area contributed by atoms with E-state index in [1.54, 1.807) is 0 Å². The van der Waals surface area contributed by atoms with Crippen LogP contribution in [0.3, 0.4) is 0 Å². The van der Waals surface area contributed by atoms with E-state index in [9.17, 15) is 13.2 Å². The summed E-state index contributed by atoms with van der Waals surface area (Å²) in [5, 5.41) is 5.63. The van der Waals surface area contributed by atoms with E-state index in [-0.39, 0.29) is 11.8 Å². The highest BCUT2D eigenvalue weighted by Crippen LogP contribution is 2.29. The summed E-state index contributed by atoms with van der Waals surface area (Å²) >= 11 is 0. The first-order valence-electron chi connectivity index (χ1n) is 6.99. The summed E-state index contributed by atoms with van der Waals surface area (Å²) in [6.07, 6.45) is -3.03. The maximum Gasteiger partial charge on any atom is 0.433 e. The third-order valence-electron chi connectivity index (χ3n) is 2.53. The third-order valence-corrected chi connectivity index (χ3v) is 2.53. The predicted octanol–water partition coefficient (Wildman–Crippen LogP) is 3.16. The molecule has 0 unspecified atom stereocenters. The van der Waals surface area contributed by atoms with Gasteiger partial charge in [-0.3, -0.25) is 0 Å². The topological polar surface area (TPSA) is 59.1 Å². The fourth-order valence-electron chi connectivity index (χ4n) is 1.53. The van der Waals surface area contributed by atoms with Crippen molar-refractivity contribution in [3.63, 3.8) is 0 Å². The molecular weight excluding hydrogens is 285 g/mol. The zero-order valence-corrected chi connectivity index (χ0v) is 12.3. The molecule has 2 N–H and O–H groups in total. The Morgan fingerprint density at radius 2 is 1.90 bits per heavy atom. The van der Waals surface area contributed by atoms with E-state index >= 15 is 0 Å². The maximum absolute atomic E-state index is 12.8. The molecule has 1 heterocycles. The van der Waals surface area contributed by atoms with Crippen molar-refractivity contribution in [2.24, 2.45) is 0 Å². The molecule has 1 aromatic heterocycles. The largest absolute Gasteiger partial charge is 0.433 e. The van der Waals surface area contributed by atoms with Crippen LogP contribution in [0.2, 0.25) is 0 Å². The van der Waals surface area contributed by atoms with E-state index in [0.29, 0.717) is 32.7 Å². The monoisotopic (exact) mass is 306 g/mol. The van der Waals surface area contributed by atoms with E-state index in [0.717, 1.165) is 12.5 Å². The molecule has 0 radical (unpaired) electrons. The SMILES string of the molecule is CCCNc1nc(NCCCOCC)cc(C(F)(F)F)n1. The molecule has 21 heavy (non-hydrogen) atoms. The molecule has 1 aromatic rings. The quantitative estimate of drug-likeness (QED) is 0.686. The molecule has 0 saturated carbocycles. The van der Waals surface area contributed by atoms with Crippen molar-refractivity contribution in [1.82, 2.24) is 9.97 Å². The van der Waals surface area contributed by atoms with E-state index in [1.165, 1.54) is 0 Å². The molecule has 0 aliphatic heterocycles. The molecule has 0 aliphatic carbocycles. The van der Waals surface area contributed by atoms with Crippen molar-refractivity contribution in [1.29, 1.82) is 0 Å². The van der Waals surface area contributed by atoms with Gasteiger partial charge in [-0.1, -0.05) is 6.92 Å². The van der Waals surface area contributed by atoms with Crippen LogP contribution in [0.5, 0.6) is 0 Å². The fraction of sp³-hybridized carbons (Fsp3) is 0.692. The van der Waals surface area contributed by atoms with Crippen LogP contribution in [0, 0.1) is 0 Å². The standard InChI is InChI=1S/C13H21F3N4O/c1-3-6-18-12-19-10(13(14,15)16)9-11(20-12)17-7-5-8-21-4-2/h9H,3-8H2,1-2H3,(H2,17,18,19,20). The first-order chi connectivity index (χ1) is 9.97. The Kier molecular flexibility index (Phi) is 7.21. The van der Waals surface area contributed by atoms with Crippen molar-refractivity contribution >= 4 is 11.8 Å². The van der Waals surface area contributed by atoms with Crippen LogP contribution < -0.4 is 10.6 Å². The van der Waals surface area contributed by atoms with E-state index in [1.807, 2.05) is 13.8 Å². The molecule has 0 saturated heterocycles. The van der Waals surface area contributed by atoms with E-state index < -0.39 is 11.9 Å². The van der Waals surface area contributed by atoms with Gasteiger partial charge in [0.25, 0.3) is 0 Å². The van der Waals surface area contributed by atoms with Crippen molar-refractivity contribution in [2.45, 2.75) is 32.9 Å². The Bertz CT molecular complexity index is 426. The summed E-state index contributed by atoms with van der Waals surface area (Å²) in [6, 6.07) is 0.914. The van der Waals surface area contributed by atoms with Crippen LogP contribution in [0.1, 0.15) is 32.4 Å². The predicted molar refractivity (Wildman–Crippen MR) is 75.4 cm³/mol. The second kappa shape index (κ2) is 8.66. The molecule has 1 rings (SSSR count). The van der Waals surface area contributed by atoms with Crippen LogP contribution in [0.4, 0.5) is 24.9 Å². The number of hydrogen-bond acceptors (Lipinski definition) is 5. The molecule has 5 nitrogen and oxygen atoms in total. The van der Waals surface area contributed by atoms with Gasteiger partial charge in [-0.2, -0.15) is 18.2 Å². The van der Waals surface area contributed by atoms with Crippen LogP contribution in [-0.4, -0.2) is 36.3 Å². The van der Waals surface area contributed by atoms with Gasteiger partial charge in [0.2, 0.25) is 5.95 Å². The van der Waals surface area contributed by atoms with Crippen molar-refractivity contribution in [3.05, 3.63) is 11.8 Å². The maximum atomic E-state index is 12.8. The Hall–Kier alpha value is -1.57. The lowest BCUT2D eigenvalue weighted by Crippen LogP contribution is -2.15. The summed E-state index contributed by atoms with van der Waals surface area (Å²) in [5.41, 5.74) is -0.955. The summed E-state index contributed by atoms with van der Waals surface area (Å²) in [4.78, 5) is 7.52. The average molecular weight is 306 g/mol. The van der Waals surface area contributed by atoms with E-state index in [4.69, 9.17) is 4.74 Å². The second-order valence-electron chi connectivity index (χ2n) is 4.36. The molecule has 0 atom stereocenters. The summed E-state index contributed by atoms with van der Waals surface area (Å²) < 4.78 is 43.5. The van der Waals surface area contributed by atoms with Gasteiger partial charge in [0.15, 0.2) is 5.69 Å². The van der Waals surface area contributed by atoms with Gasteiger partial charge in [-0.15, -0.1) is 0 Å². The molecule has 0 fully saturated rings. The Morgan fingerprint density at radius 3 is 2.52 bits per heavy atom. The number of alkyl halides is 3. The molecule has 0 aromatic carbocycles. The van der Waals surface area contributed by atoms with Crippen LogP contribution >= 0.6 is 0 Å². The lowest BCUT2D eigenvalue weighted by Gasteiger charge is -2.12. The highest BCUT2D eigenvalue weighted by atomic mass is 19.4. The van der Waals surface area contributed by atoms with Gasteiger partial charge >= 0.3 is 6.18 Å². The van der Waals surface area contributed by atoms with Crippen molar-refractivity contribution in [3.8, 4) is 0 Å². The zero-order valence-electron chi connectivity index (χ0n) is 12.3. The fourth-order valence-corrected chi connectivity index (χ4v) is 1.53. The number of ether oxygens (including phenoxy) is 1. The van der Waals surface area contributed by atoms with Crippen LogP contribution in [0.15, 0.2) is 6.07 Å². The number of rotatable bonds is 9. The highest BCUT2D eigenvalue weighted by Gasteiger charge is 2.33. The number of aromatic nitrogens is 2. The van der Waals surface area contributed by atoms with Gasteiger partial charge in [0.05, 0.1) is 0 Å². The van der Waals surface area contributed by atoms with Gasteiger partial charge in [0, 0.05) is 32.4 Å². The lowest BCUT2D eigenvalue weighted by atomic mass is 10.3. The average Bonchev–Trinajstić information content (AvgIpc) is 2.44. The van der Waals surface area contributed by atoms with Gasteiger partial charge in [0.1, 0.15) is 5.82 Å². The molecule has 0 bridgehead atoms. The molecular formula is C13H21F3N4O. The molecule has 120 valence electrons. The zero-order chi connectivity index (χ0) is 15.7. The minimum Gasteiger partial charge on any atom is -0.382 e. The number of nitrogens with one attached hydrogen (secondary N) is 2. The summed E-state index contributed by atoms with van der Waals surface area (Å²) in [6.45, 7) is 5.98. The molecule has 0 aliphatic rings. The van der Waals surface area contributed by atoms with Crippen molar-refractivity contribution in [2.75, 3.05) is 36.9 Å². The number of anilines is 2. The second-order valence-corrected chi connectivity index (χ2v) is 4.36. The molecule has 0 spiro atoms. The first kappa shape index (κ1) is 17.5. The van der Waals surface area contributed by atoms with Crippen molar-refractivity contribution < 1.29 is 17.9 Å². The van der Waals surface area contributed by atoms with Gasteiger partial charge < -0.3 is 15.4 Å². The highest BCUT2D eigenvalue weighted by molar-refractivity contribution is 5.43. The lowest BCUT2D eigenvalue weighted by molar-refractivity contribution is -0.141. The van der Waals surface area contributed by atoms with E-state index in [2.05, 4.69) is 20.6 Å². The van der Waals surface area contributed by atoms with Crippen LogP contribution in [0.25, 0.3) is 0 Å². The first-order valence-corrected chi connectivity index (χ1v) is 6.99. The minimum atomic E-state index is -4.49. The van der Waals surface area contributed by atoms with Crippen LogP contribution in [-0.2, 0) is 10.9 Å². The minimum absolute atomic E-state index is 0.0148. The van der Waals surface area contributed by atoms with Gasteiger partial charge in [-0.25, -0.2) is 4.98 Å². The van der Waals surface area contributed by atoms with Gasteiger partial charge in [-0.05, 0) is 19.8 Å². The summed E-state index contributed by atoms with van der Waals surface area (Å²) in [5.74, 6) is 0.145. The summed E-state index contributed by atoms with van der Waals surface area (Å²) in [7, 11) is 0. The third kappa shape index (κ3) is 6.61. The Balaban J connectivity index is 2.72. The number of hydrogen-bond donors (Lipinski definition) is 2. The Morgan fingerprint density at radius 1 is 1.14 bits per heavy atom. The molecule has 8 heteroatoms. The Labute approximate surface area is 122 Å². The smallest absolute Gasteiger partial charge is 0.382 e. The number of nitrogens with zero attached hydrogens (tertiary/aromatic N) is 2. The molecule has 0 amide bonds. The number of halogens is 3. The normalized spacial score (nSPS) is 11.5.